The number of hydrogen-bond acceptors (Lipinski definition) is 4. The van der Waals surface area contributed by atoms with Crippen LogP contribution in [0, 0.1) is 0 Å². The zero-order chi connectivity index (χ0) is 28.0. The fourth-order valence-electron chi connectivity index (χ4n) is 4.64. The third kappa shape index (κ3) is 7.41. The van der Waals surface area contributed by atoms with Gasteiger partial charge < -0.3 is 10.2 Å². The van der Waals surface area contributed by atoms with E-state index in [1.54, 1.807) is 43.3 Å². The Balaban J connectivity index is 1.67. The number of anilines is 1. The molecule has 3 aromatic rings. The molecule has 1 N–H and O–H groups in total. The third-order valence-electron chi connectivity index (χ3n) is 6.84. The quantitative estimate of drug-likeness (QED) is 0.307. The van der Waals surface area contributed by atoms with Gasteiger partial charge >= 0.3 is 0 Å². The fraction of sp³-hybridized carbons (Fsp3) is 0.310. The number of hydrogen-bond donors (Lipinski definition) is 1. The number of benzene rings is 3. The van der Waals surface area contributed by atoms with E-state index < -0.39 is 28.5 Å². The molecule has 0 unspecified atom stereocenters. The first-order valence-corrected chi connectivity index (χ1v) is 15.4. The second kappa shape index (κ2) is 13.0. The number of halogens is 2. The van der Waals surface area contributed by atoms with E-state index in [-0.39, 0.29) is 29.1 Å². The number of amides is 2. The first-order chi connectivity index (χ1) is 18.6. The molecular formula is C29H31BrClN3O4S. The molecule has 206 valence electrons. The smallest absolute Gasteiger partial charge is 0.264 e. The molecule has 2 amide bonds. The Hall–Kier alpha value is -2.88. The molecule has 0 spiro atoms. The minimum Gasteiger partial charge on any atom is -0.352 e. The van der Waals surface area contributed by atoms with Crippen LogP contribution < -0.4 is 9.62 Å². The van der Waals surface area contributed by atoms with Crippen LogP contribution >= 0.6 is 27.5 Å². The van der Waals surface area contributed by atoms with E-state index in [0.29, 0.717) is 5.02 Å². The number of nitrogens with zero attached hydrogens (tertiary/aromatic N) is 2. The van der Waals surface area contributed by atoms with Gasteiger partial charge in [0.2, 0.25) is 11.8 Å². The van der Waals surface area contributed by atoms with Crippen molar-refractivity contribution in [3.63, 3.8) is 0 Å². The van der Waals surface area contributed by atoms with E-state index in [1.165, 1.54) is 23.1 Å². The monoisotopic (exact) mass is 631 g/mol. The molecule has 7 nitrogen and oxygen atoms in total. The molecular weight excluding hydrogens is 602 g/mol. The van der Waals surface area contributed by atoms with Crippen LogP contribution in [0.3, 0.4) is 0 Å². The van der Waals surface area contributed by atoms with E-state index >= 15 is 0 Å². The maximum absolute atomic E-state index is 13.9. The minimum absolute atomic E-state index is 0.0456. The van der Waals surface area contributed by atoms with Gasteiger partial charge in [-0.2, -0.15) is 0 Å². The molecule has 1 aliphatic rings. The van der Waals surface area contributed by atoms with Crippen molar-refractivity contribution in [1.29, 1.82) is 0 Å². The summed E-state index contributed by atoms with van der Waals surface area (Å²) in [5, 5.41) is 3.41. The van der Waals surface area contributed by atoms with Gasteiger partial charge in [-0.05, 0) is 67.8 Å². The van der Waals surface area contributed by atoms with Crippen LogP contribution in [0.2, 0.25) is 5.02 Å². The fourth-order valence-corrected chi connectivity index (χ4v) is 6.52. The lowest BCUT2D eigenvalue weighted by molar-refractivity contribution is -0.139. The Morgan fingerprint density at radius 1 is 1.00 bits per heavy atom. The molecule has 0 saturated heterocycles. The van der Waals surface area contributed by atoms with Crippen LogP contribution in [-0.4, -0.2) is 43.8 Å². The van der Waals surface area contributed by atoms with Gasteiger partial charge in [-0.1, -0.05) is 76.8 Å². The van der Waals surface area contributed by atoms with E-state index in [2.05, 4.69) is 21.2 Å². The summed E-state index contributed by atoms with van der Waals surface area (Å²) in [5.74, 6) is -0.765. The van der Waals surface area contributed by atoms with Gasteiger partial charge in [-0.3, -0.25) is 13.9 Å². The highest BCUT2D eigenvalue weighted by Crippen LogP contribution is 2.27. The SMILES string of the molecule is C[C@@H](C(=O)NC1CCCC1)N(Cc1ccc(Br)cc1)C(=O)CN(c1cccc(Cl)c1)S(=O)(=O)c1ccccc1. The summed E-state index contributed by atoms with van der Waals surface area (Å²) in [4.78, 5) is 28.7. The molecule has 1 aliphatic carbocycles. The highest BCUT2D eigenvalue weighted by Gasteiger charge is 2.33. The normalized spacial score (nSPS) is 14.5. The summed E-state index contributed by atoms with van der Waals surface area (Å²) < 4.78 is 29.5. The number of carbonyl (C=O) groups is 2. The zero-order valence-electron chi connectivity index (χ0n) is 21.6. The molecule has 1 saturated carbocycles. The van der Waals surface area contributed by atoms with Crippen molar-refractivity contribution >= 4 is 55.1 Å². The van der Waals surface area contributed by atoms with E-state index in [4.69, 9.17) is 11.6 Å². The predicted octanol–water partition coefficient (Wildman–Crippen LogP) is 5.77. The maximum atomic E-state index is 13.9. The summed E-state index contributed by atoms with van der Waals surface area (Å²) in [7, 11) is -4.12. The molecule has 3 aromatic carbocycles. The van der Waals surface area contributed by atoms with Gasteiger partial charge in [-0.25, -0.2) is 8.42 Å². The lowest BCUT2D eigenvalue weighted by Gasteiger charge is -2.32. The number of carbonyl (C=O) groups excluding carboxylic acids is 2. The van der Waals surface area contributed by atoms with Crippen LogP contribution in [0.4, 0.5) is 5.69 Å². The van der Waals surface area contributed by atoms with E-state index in [0.717, 1.165) is 40.0 Å². The molecule has 0 heterocycles. The van der Waals surface area contributed by atoms with Crippen molar-refractivity contribution in [2.75, 3.05) is 10.8 Å². The summed E-state index contributed by atoms with van der Waals surface area (Å²) in [6.07, 6.45) is 3.95. The Morgan fingerprint density at radius 2 is 1.67 bits per heavy atom. The second-order valence-electron chi connectivity index (χ2n) is 9.62. The highest BCUT2D eigenvalue weighted by molar-refractivity contribution is 9.10. The molecule has 0 radical (unpaired) electrons. The van der Waals surface area contributed by atoms with Crippen LogP contribution in [-0.2, 0) is 26.2 Å². The van der Waals surface area contributed by atoms with Crippen molar-refractivity contribution in [3.05, 3.63) is 93.9 Å². The number of sulfonamides is 1. The summed E-state index contributed by atoms with van der Waals surface area (Å²) >= 11 is 9.62. The van der Waals surface area contributed by atoms with Gasteiger partial charge in [0.1, 0.15) is 12.6 Å². The number of rotatable bonds is 10. The van der Waals surface area contributed by atoms with Crippen LogP contribution in [0.5, 0.6) is 0 Å². The lowest BCUT2D eigenvalue weighted by Crippen LogP contribution is -2.52. The van der Waals surface area contributed by atoms with Crippen LogP contribution in [0.1, 0.15) is 38.2 Å². The largest absolute Gasteiger partial charge is 0.352 e. The Morgan fingerprint density at radius 3 is 2.31 bits per heavy atom. The molecule has 0 aromatic heterocycles. The first kappa shape index (κ1) is 29.1. The van der Waals surface area contributed by atoms with Gasteiger partial charge in [0.15, 0.2) is 0 Å². The zero-order valence-corrected chi connectivity index (χ0v) is 24.8. The van der Waals surface area contributed by atoms with Gasteiger partial charge in [0.05, 0.1) is 10.6 Å². The van der Waals surface area contributed by atoms with Crippen molar-refractivity contribution in [1.82, 2.24) is 10.2 Å². The standard InChI is InChI=1S/C29H31BrClN3O4S/c1-21(29(36)32-25-9-5-6-10-25)33(19-22-14-16-23(30)17-15-22)28(35)20-34(26-11-7-8-24(31)18-26)39(37,38)27-12-3-2-4-13-27/h2-4,7-8,11-18,21,25H,5-6,9-10,19-20H2,1H3,(H,32,36)/t21-/m0/s1. The first-order valence-electron chi connectivity index (χ1n) is 12.8. The average molecular weight is 633 g/mol. The second-order valence-corrected chi connectivity index (χ2v) is 12.8. The molecule has 39 heavy (non-hydrogen) atoms. The summed E-state index contributed by atoms with van der Waals surface area (Å²) in [5.41, 5.74) is 1.07. The minimum atomic E-state index is -4.12. The lowest BCUT2D eigenvalue weighted by atomic mass is 10.1. The van der Waals surface area contributed by atoms with Crippen LogP contribution in [0.25, 0.3) is 0 Å². The van der Waals surface area contributed by atoms with Gasteiger partial charge in [-0.15, -0.1) is 0 Å². The maximum Gasteiger partial charge on any atom is 0.264 e. The molecule has 0 aliphatic heterocycles. The molecule has 1 fully saturated rings. The molecule has 10 heteroatoms. The van der Waals surface area contributed by atoms with Crippen molar-refractivity contribution in [2.24, 2.45) is 0 Å². The molecule has 4 rings (SSSR count). The van der Waals surface area contributed by atoms with Crippen LogP contribution in [0.15, 0.2) is 88.2 Å². The Kier molecular flexibility index (Phi) is 9.69. The summed E-state index contributed by atoms with van der Waals surface area (Å²) in [6, 6.07) is 21.0. The van der Waals surface area contributed by atoms with Crippen molar-refractivity contribution < 1.29 is 18.0 Å². The van der Waals surface area contributed by atoms with E-state index in [9.17, 15) is 18.0 Å². The molecule has 1 atom stereocenters. The molecule has 0 bridgehead atoms. The van der Waals surface area contributed by atoms with Crippen molar-refractivity contribution in [2.45, 2.75) is 56.1 Å². The Bertz CT molecular complexity index is 1400. The van der Waals surface area contributed by atoms with Crippen molar-refractivity contribution in [3.8, 4) is 0 Å². The van der Waals surface area contributed by atoms with E-state index in [1.807, 2.05) is 24.3 Å². The summed E-state index contributed by atoms with van der Waals surface area (Å²) in [6.45, 7) is 1.31. The third-order valence-corrected chi connectivity index (χ3v) is 9.39. The Labute approximate surface area is 243 Å². The van der Waals surface area contributed by atoms with Gasteiger partial charge in [0, 0.05) is 22.1 Å². The predicted molar refractivity (Wildman–Crippen MR) is 157 cm³/mol. The number of nitrogens with one attached hydrogen (secondary N) is 1. The topological polar surface area (TPSA) is 86.8 Å². The average Bonchev–Trinajstić information content (AvgIpc) is 3.44. The van der Waals surface area contributed by atoms with Gasteiger partial charge in [0.25, 0.3) is 10.0 Å². The highest BCUT2D eigenvalue weighted by atomic mass is 79.9.